The largest absolute Gasteiger partial charge is 0.573 e. The molecule has 0 radical (unpaired) electrons. The van der Waals surface area contributed by atoms with E-state index in [1.54, 1.807) is 24.3 Å². The Morgan fingerprint density at radius 1 is 0.900 bits per heavy atom. The van der Waals surface area contributed by atoms with Crippen LogP contribution in [0.15, 0.2) is 72.8 Å². The summed E-state index contributed by atoms with van der Waals surface area (Å²) in [5.41, 5.74) is 2.57. The molecular formula is C29H28F6N2O3. The molecule has 0 aromatic heterocycles. The van der Waals surface area contributed by atoms with Crippen molar-refractivity contribution in [2.24, 2.45) is 0 Å². The Hall–Kier alpha value is -3.44. The van der Waals surface area contributed by atoms with Gasteiger partial charge in [-0.25, -0.2) is 0 Å². The van der Waals surface area contributed by atoms with Gasteiger partial charge in [0.1, 0.15) is 5.75 Å². The van der Waals surface area contributed by atoms with Crippen LogP contribution >= 0.6 is 0 Å². The highest BCUT2D eigenvalue weighted by atomic mass is 19.4. The van der Waals surface area contributed by atoms with Crippen LogP contribution in [0.3, 0.4) is 0 Å². The van der Waals surface area contributed by atoms with E-state index in [0.717, 1.165) is 16.8 Å². The van der Waals surface area contributed by atoms with Gasteiger partial charge in [-0.15, -0.1) is 13.2 Å². The number of benzene rings is 3. The zero-order valence-electron chi connectivity index (χ0n) is 21.4. The lowest BCUT2D eigenvalue weighted by Gasteiger charge is -2.35. The molecule has 5 nitrogen and oxygen atoms in total. The van der Waals surface area contributed by atoms with Gasteiger partial charge in [0.05, 0.1) is 19.8 Å². The van der Waals surface area contributed by atoms with Gasteiger partial charge in [0.15, 0.2) is 6.10 Å². The summed E-state index contributed by atoms with van der Waals surface area (Å²) in [6.45, 7) is 1.88. The van der Waals surface area contributed by atoms with Crippen molar-refractivity contribution in [3.63, 3.8) is 0 Å². The third-order valence-electron chi connectivity index (χ3n) is 7.41. The molecule has 214 valence electrons. The van der Waals surface area contributed by atoms with E-state index in [-0.39, 0.29) is 18.7 Å². The number of morpholine rings is 1. The zero-order chi connectivity index (χ0) is 28.5. The normalized spacial score (nSPS) is 20.4. The second-order valence-electron chi connectivity index (χ2n) is 10.1. The highest BCUT2D eigenvalue weighted by Crippen LogP contribution is 2.48. The average Bonchev–Trinajstić information content (AvgIpc) is 3.22. The Bertz CT molecular complexity index is 1330. The topological polar surface area (TPSA) is 45.2 Å². The average molecular weight is 567 g/mol. The number of halogens is 6. The van der Waals surface area contributed by atoms with Gasteiger partial charge in [-0.1, -0.05) is 42.5 Å². The lowest BCUT2D eigenvalue weighted by Crippen LogP contribution is -2.44. The second kappa shape index (κ2) is 10.9. The molecular weight excluding hydrogens is 538 g/mol. The van der Waals surface area contributed by atoms with Crippen LogP contribution in [-0.2, 0) is 16.6 Å². The number of hydrogen-bond acceptors (Lipinski definition) is 5. The number of anilines is 2. The van der Waals surface area contributed by atoms with Crippen molar-refractivity contribution < 1.29 is 40.9 Å². The molecule has 40 heavy (non-hydrogen) atoms. The number of nitrogens with zero attached hydrogens (tertiary/aromatic N) is 2. The first-order valence-corrected chi connectivity index (χ1v) is 12.8. The molecule has 2 atom stereocenters. The Labute approximate surface area is 227 Å². The summed E-state index contributed by atoms with van der Waals surface area (Å²) in [7, 11) is 0. The molecule has 3 aromatic carbocycles. The van der Waals surface area contributed by atoms with Crippen LogP contribution in [0.2, 0.25) is 0 Å². The molecule has 1 fully saturated rings. The third kappa shape index (κ3) is 6.00. The predicted octanol–water partition coefficient (Wildman–Crippen LogP) is 5.69. The Morgan fingerprint density at radius 3 is 2.35 bits per heavy atom. The minimum absolute atomic E-state index is 0.0798. The number of rotatable bonds is 7. The van der Waals surface area contributed by atoms with Crippen LogP contribution in [0.4, 0.5) is 37.7 Å². The number of β-amino-alcohol motifs (C(OH)–C–C–N with tert-alkyl or cyclic N) is 1. The van der Waals surface area contributed by atoms with Crippen LogP contribution < -0.4 is 14.5 Å². The van der Waals surface area contributed by atoms with E-state index >= 15 is 0 Å². The van der Waals surface area contributed by atoms with Crippen LogP contribution in [0, 0.1) is 0 Å². The Kier molecular flexibility index (Phi) is 7.62. The Balaban J connectivity index is 1.60. The first-order chi connectivity index (χ1) is 18.9. The summed E-state index contributed by atoms with van der Waals surface area (Å²) in [6.07, 6.45) is -12.1. The van der Waals surface area contributed by atoms with E-state index in [4.69, 9.17) is 4.74 Å². The molecule has 0 aliphatic carbocycles. The lowest BCUT2D eigenvalue weighted by atomic mass is 9.71. The molecule has 3 aromatic rings. The van der Waals surface area contributed by atoms with E-state index in [0.29, 0.717) is 37.6 Å². The zero-order valence-corrected chi connectivity index (χ0v) is 21.4. The van der Waals surface area contributed by atoms with Crippen LogP contribution in [-0.4, -0.2) is 63.1 Å². The second-order valence-corrected chi connectivity index (χ2v) is 10.1. The number of ether oxygens (including phenoxy) is 2. The van der Waals surface area contributed by atoms with Gasteiger partial charge in [-0.3, -0.25) is 0 Å². The maximum absolute atomic E-state index is 13.4. The third-order valence-corrected chi connectivity index (χ3v) is 7.41. The summed E-state index contributed by atoms with van der Waals surface area (Å²) in [5.74, 6) is -0.377. The van der Waals surface area contributed by atoms with Crippen molar-refractivity contribution in [3.8, 4) is 5.75 Å². The minimum Gasteiger partial charge on any atom is -0.406 e. The van der Waals surface area contributed by atoms with Gasteiger partial charge in [0.2, 0.25) is 0 Å². The minimum atomic E-state index is -4.87. The summed E-state index contributed by atoms with van der Waals surface area (Å²) in [6, 6.07) is 20.4. The monoisotopic (exact) mass is 566 g/mol. The standard InChI is InChI=1S/C29H28F6N2O3/c30-28(31,32)26(38)18-37-19-27(24-9-1-2-10-25(24)37,17-20-5-3-8-23(15-20)40-29(33,34)35)21-6-4-7-22(16-21)36-11-13-39-14-12-36/h1-10,15-16,26,38H,11-14,17-19H2. The smallest absolute Gasteiger partial charge is 0.406 e. The highest BCUT2D eigenvalue weighted by Gasteiger charge is 2.47. The SMILES string of the molecule is OC(CN1CC(Cc2cccc(OC(F)(F)F)c2)(c2cccc(N3CCOCC3)c2)c2ccccc21)C(F)(F)F. The lowest BCUT2D eigenvalue weighted by molar-refractivity contribution is -0.274. The Morgan fingerprint density at radius 2 is 1.62 bits per heavy atom. The summed E-state index contributed by atoms with van der Waals surface area (Å²) >= 11 is 0. The van der Waals surface area contributed by atoms with E-state index < -0.39 is 30.6 Å². The van der Waals surface area contributed by atoms with Crippen LogP contribution in [0.5, 0.6) is 5.75 Å². The summed E-state index contributed by atoms with van der Waals surface area (Å²) in [4.78, 5) is 3.66. The molecule has 0 bridgehead atoms. The fraction of sp³-hybridized carbons (Fsp3) is 0.379. The van der Waals surface area contributed by atoms with Gasteiger partial charge in [0, 0.05) is 36.4 Å². The maximum Gasteiger partial charge on any atom is 0.573 e. The first-order valence-electron chi connectivity index (χ1n) is 12.8. The van der Waals surface area contributed by atoms with Crippen molar-refractivity contribution >= 4 is 11.4 Å². The summed E-state index contributed by atoms with van der Waals surface area (Å²) < 4.78 is 88.6. The van der Waals surface area contributed by atoms with E-state index in [9.17, 15) is 31.4 Å². The number of alkyl halides is 6. The van der Waals surface area contributed by atoms with Gasteiger partial charge in [0.25, 0.3) is 0 Å². The van der Waals surface area contributed by atoms with Crippen LogP contribution in [0.1, 0.15) is 16.7 Å². The molecule has 0 saturated carbocycles. The fourth-order valence-electron chi connectivity index (χ4n) is 5.65. The van der Waals surface area contributed by atoms with E-state index in [2.05, 4.69) is 9.64 Å². The van der Waals surface area contributed by atoms with Gasteiger partial charge >= 0.3 is 12.5 Å². The molecule has 2 unspecified atom stereocenters. The molecule has 11 heteroatoms. The van der Waals surface area contributed by atoms with Gasteiger partial charge < -0.3 is 24.4 Å². The molecule has 1 N–H and O–H groups in total. The van der Waals surface area contributed by atoms with Crippen molar-refractivity contribution in [2.45, 2.75) is 30.5 Å². The molecule has 0 amide bonds. The van der Waals surface area contributed by atoms with E-state index in [1.807, 2.05) is 30.3 Å². The molecule has 1 saturated heterocycles. The molecule has 5 rings (SSSR count). The number of aliphatic hydroxyl groups is 1. The van der Waals surface area contributed by atoms with Crippen molar-refractivity contribution in [2.75, 3.05) is 49.2 Å². The van der Waals surface area contributed by atoms with Crippen molar-refractivity contribution in [1.82, 2.24) is 0 Å². The van der Waals surface area contributed by atoms with Crippen LogP contribution in [0.25, 0.3) is 0 Å². The number of hydrogen-bond donors (Lipinski definition) is 1. The number of para-hydroxylation sites is 1. The number of fused-ring (bicyclic) bond motifs is 1. The molecule has 2 aliphatic rings. The van der Waals surface area contributed by atoms with Gasteiger partial charge in [-0.2, -0.15) is 13.2 Å². The van der Waals surface area contributed by atoms with Gasteiger partial charge in [-0.05, 0) is 53.4 Å². The quantitative estimate of drug-likeness (QED) is 0.372. The van der Waals surface area contributed by atoms with E-state index in [1.165, 1.54) is 23.1 Å². The molecule has 0 spiro atoms. The first kappa shape index (κ1) is 28.1. The maximum atomic E-state index is 13.4. The van der Waals surface area contributed by atoms with Crippen molar-refractivity contribution in [1.29, 1.82) is 0 Å². The molecule has 2 heterocycles. The highest BCUT2D eigenvalue weighted by molar-refractivity contribution is 5.68. The van der Waals surface area contributed by atoms with Crippen molar-refractivity contribution in [3.05, 3.63) is 89.5 Å². The summed E-state index contributed by atoms with van der Waals surface area (Å²) in [5, 5.41) is 9.95. The fourth-order valence-corrected chi connectivity index (χ4v) is 5.65. The predicted molar refractivity (Wildman–Crippen MR) is 138 cm³/mol. The molecule has 2 aliphatic heterocycles. The number of aliphatic hydroxyl groups excluding tert-OH is 1.